The van der Waals surface area contributed by atoms with Crippen LogP contribution < -0.4 is 21.5 Å². The number of carbonyl (C=O) groups is 1. The van der Waals surface area contributed by atoms with Crippen molar-refractivity contribution in [2.75, 3.05) is 5.32 Å². The minimum atomic E-state index is -0.261. The smallest absolute Gasteiger partial charge is 0.257 e. The standard InChI is InChI=1S/C25H26N6O2/c1-14-21(33-13-15-3-2-4-18(11-15)24(28)29)12-20(22(30-14)16-5-6-16)25(32)31-19-9-7-17(8-10-19)23(26)27/h2-4,7-12,16H,5-6,13H2,1H3,(H3,26,27)(H3,28,29)(H,31,32). The van der Waals surface area contributed by atoms with E-state index in [1.807, 2.05) is 25.1 Å². The molecule has 0 aliphatic heterocycles. The van der Waals surface area contributed by atoms with Crippen LogP contribution in [0.2, 0.25) is 0 Å². The van der Waals surface area contributed by atoms with Gasteiger partial charge in [0.2, 0.25) is 0 Å². The Balaban J connectivity index is 1.56. The highest BCUT2D eigenvalue weighted by Crippen LogP contribution is 2.42. The first kappa shape index (κ1) is 22.0. The number of nitrogens with one attached hydrogen (secondary N) is 3. The van der Waals surface area contributed by atoms with Crippen molar-refractivity contribution in [2.45, 2.75) is 32.3 Å². The Morgan fingerprint density at radius 3 is 2.39 bits per heavy atom. The highest BCUT2D eigenvalue weighted by molar-refractivity contribution is 6.06. The number of hydrogen-bond acceptors (Lipinski definition) is 5. The predicted octanol–water partition coefficient (Wildman–Crippen LogP) is 3.67. The molecule has 0 radical (unpaired) electrons. The molecule has 33 heavy (non-hydrogen) atoms. The summed E-state index contributed by atoms with van der Waals surface area (Å²) in [7, 11) is 0. The lowest BCUT2D eigenvalue weighted by atomic mass is 10.1. The van der Waals surface area contributed by atoms with E-state index in [0.29, 0.717) is 28.1 Å². The third-order valence-electron chi connectivity index (χ3n) is 5.49. The first-order valence-electron chi connectivity index (χ1n) is 10.7. The molecule has 3 aromatic rings. The predicted molar refractivity (Wildman–Crippen MR) is 128 cm³/mol. The molecule has 1 aliphatic carbocycles. The number of nitrogens with two attached hydrogens (primary N) is 2. The summed E-state index contributed by atoms with van der Waals surface area (Å²) in [5, 5.41) is 18.0. The van der Waals surface area contributed by atoms with Gasteiger partial charge in [-0.15, -0.1) is 0 Å². The third kappa shape index (κ3) is 5.17. The Kier molecular flexibility index (Phi) is 6.08. The molecule has 1 fully saturated rings. The number of aryl methyl sites for hydroxylation is 1. The number of anilines is 1. The zero-order chi connectivity index (χ0) is 23.5. The number of rotatable bonds is 8. The summed E-state index contributed by atoms with van der Waals surface area (Å²) in [5.74, 6) is 0.528. The largest absolute Gasteiger partial charge is 0.487 e. The van der Waals surface area contributed by atoms with E-state index in [4.69, 9.17) is 32.0 Å². The third-order valence-corrected chi connectivity index (χ3v) is 5.49. The molecule has 0 unspecified atom stereocenters. The summed E-state index contributed by atoms with van der Waals surface area (Å²) < 4.78 is 6.00. The van der Waals surface area contributed by atoms with Gasteiger partial charge in [-0.1, -0.05) is 18.2 Å². The zero-order valence-electron chi connectivity index (χ0n) is 18.3. The first-order chi connectivity index (χ1) is 15.8. The maximum atomic E-state index is 13.1. The second-order valence-electron chi connectivity index (χ2n) is 8.13. The molecule has 8 nitrogen and oxygen atoms in total. The van der Waals surface area contributed by atoms with Gasteiger partial charge in [-0.3, -0.25) is 20.6 Å². The van der Waals surface area contributed by atoms with Crippen molar-refractivity contribution in [1.82, 2.24) is 4.98 Å². The fraction of sp³-hybridized carbons (Fsp3) is 0.200. The Morgan fingerprint density at radius 2 is 1.76 bits per heavy atom. The molecule has 1 amide bonds. The summed E-state index contributed by atoms with van der Waals surface area (Å²) >= 11 is 0. The molecule has 2 aromatic carbocycles. The van der Waals surface area contributed by atoms with Gasteiger partial charge < -0.3 is 21.5 Å². The molecular weight excluding hydrogens is 416 g/mol. The van der Waals surface area contributed by atoms with Crippen LogP contribution in [0.15, 0.2) is 54.6 Å². The second-order valence-corrected chi connectivity index (χ2v) is 8.13. The molecule has 0 spiro atoms. The molecular formula is C25H26N6O2. The molecule has 0 saturated heterocycles. The zero-order valence-corrected chi connectivity index (χ0v) is 18.3. The highest BCUT2D eigenvalue weighted by Gasteiger charge is 2.31. The molecule has 1 heterocycles. The van der Waals surface area contributed by atoms with Crippen molar-refractivity contribution in [2.24, 2.45) is 11.5 Å². The number of pyridine rings is 1. The normalized spacial score (nSPS) is 12.8. The number of amides is 1. The van der Waals surface area contributed by atoms with Crippen LogP contribution in [0, 0.1) is 17.7 Å². The van der Waals surface area contributed by atoms with Crippen molar-refractivity contribution < 1.29 is 9.53 Å². The van der Waals surface area contributed by atoms with Crippen molar-refractivity contribution in [3.63, 3.8) is 0 Å². The van der Waals surface area contributed by atoms with Crippen LogP contribution in [0.25, 0.3) is 0 Å². The van der Waals surface area contributed by atoms with E-state index < -0.39 is 0 Å². The fourth-order valence-corrected chi connectivity index (χ4v) is 3.52. The number of amidine groups is 2. The first-order valence-corrected chi connectivity index (χ1v) is 10.7. The Labute approximate surface area is 192 Å². The lowest BCUT2D eigenvalue weighted by molar-refractivity contribution is 0.102. The van der Waals surface area contributed by atoms with Gasteiger partial charge in [0.05, 0.1) is 17.0 Å². The van der Waals surface area contributed by atoms with E-state index in [1.54, 1.807) is 36.4 Å². The van der Waals surface area contributed by atoms with Crippen LogP contribution in [-0.4, -0.2) is 22.6 Å². The van der Waals surface area contributed by atoms with Crippen LogP contribution in [0.4, 0.5) is 5.69 Å². The number of aromatic nitrogens is 1. The average molecular weight is 443 g/mol. The Morgan fingerprint density at radius 1 is 1.06 bits per heavy atom. The van der Waals surface area contributed by atoms with E-state index in [9.17, 15) is 4.79 Å². The van der Waals surface area contributed by atoms with Crippen molar-refractivity contribution in [1.29, 1.82) is 10.8 Å². The minimum absolute atomic E-state index is 0.00113. The second kappa shape index (κ2) is 9.12. The van der Waals surface area contributed by atoms with Crippen LogP contribution in [0.1, 0.15) is 57.2 Å². The molecule has 7 N–H and O–H groups in total. The number of benzene rings is 2. The van der Waals surface area contributed by atoms with Gasteiger partial charge in [-0.2, -0.15) is 0 Å². The van der Waals surface area contributed by atoms with Crippen molar-refractivity contribution >= 4 is 23.3 Å². The molecule has 0 bridgehead atoms. The lowest BCUT2D eigenvalue weighted by Gasteiger charge is -2.15. The molecule has 1 aliphatic rings. The molecule has 4 rings (SSSR count). The van der Waals surface area contributed by atoms with Crippen LogP contribution in [0.5, 0.6) is 5.75 Å². The number of carbonyl (C=O) groups excluding carboxylic acids is 1. The van der Waals surface area contributed by atoms with E-state index >= 15 is 0 Å². The summed E-state index contributed by atoms with van der Waals surface area (Å²) in [6.07, 6.45) is 2.02. The SMILES string of the molecule is Cc1nc(C2CC2)c(C(=O)Nc2ccc(C(=N)N)cc2)cc1OCc1cccc(C(=N)N)c1. The molecule has 168 valence electrons. The Bertz CT molecular complexity index is 1230. The van der Waals surface area contributed by atoms with Crippen molar-refractivity contribution in [3.8, 4) is 5.75 Å². The fourth-order valence-electron chi connectivity index (χ4n) is 3.52. The van der Waals surface area contributed by atoms with Gasteiger partial charge in [0.15, 0.2) is 0 Å². The van der Waals surface area contributed by atoms with Gasteiger partial charge in [-0.05, 0) is 61.7 Å². The van der Waals surface area contributed by atoms with Gasteiger partial charge in [0.1, 0.15) is 24.0 Å². The Hall–Kier alpha value is -4.20. The molecule has 0 atom stereocenters. The average Bonchev–Trinajstić information content (AvgIpc) is 3.64. The van der Waals surface area contributed by atoms with E-state index in [0.717, 1.165) is 29.8 Å². The minimum Gasteiger partial charge on any atom is -0.487 e. The van der Waals surface area contributed by atoms with Gasteiger partial charge in [0.25, 0.3) is 5.91 Å². The topological polar surface area (TPSA) is 151 Å². The quantitative estimate of drug-likeness (QED) is 0.266. The van der Waals surface area contributed by atoms with Crippen LogP contribution in [-0.2, 0) is 6.61 Å². The number of nitrogens with zero attached hydrogens (tertiary/aromatic N) is 1. The summed E-state index contributed by atoms with van der Waals surface area (Å²) in [4.78, 5) is 17.8. The van der Waals surface area contributed by atoms with Crippen LogP contribution >= 0.6 is 0 Å². The van der Waals surface area contributed by atoms with E-state index in [1.165, 1.54) is 0 Å². The van der Waals surface area contributed by atoms with E-state index in [-0.39, 0.29) is 30.1 Å². The molecule has 1 aromatic heterocycles. The lowest BCUT2D eigenvalue weighted by Crippen LogP contribution is -2.17. The summed E-state index contributed by atoms with van der Waals surface area (Å²) in [6.45, 7) is 2.13. The number of ether oxygens (including phenoxy) is 1. The monoisotopic (exact) mass is 442 g/mol. The van der Waals surface area contributed by atoms with E-state index in [2.05, 4.69) is 5.32 Å². The maximum absolute atomic E-state index is 13.1. The molecule has 8 heteroatoms. The summed E-state index contributed by atoms with van der Waals surface area (Å²) in [6, 6.07) is 15.9. The van der Waals surface area contributed by atoms with Crippen molar-refractivity contribution in [3.05, 3.63) is 88.2 Å². The van der Waals surface area contributed by atoms with Crippen LogP contribution in [0.3, 0.4) is 0 Å². The number of hydrogen-bond donors (Lipinski definition) is 5. The van der Waals surface area contributed by atoms with Gasteiger partial charge in [-0.25, -0.2) is 0 Å². The highest BCUT2D eigenvalue weighted by atomic mass is 16.5. The summed E-state index contributed by atoms with van der Waals surface area (Å²) in [5.41, 5.74) is 15.8. The number of nitrogen functional groups attached to an aromatic ring is 2. The van der Waals surface area contributed by atoms with Gasteiger partial charge in [0, 0.05) is 22.7 Å². The van der Waals surface area contributed by atoms with Gasteiger partial charge >= 0.3 is 0 Å². The molecule has 1 saturated carbocycles. The maximum Gasteiger partial charge on any atom is 0.257 e.